The van der Waals surface area contributed by atoms with Gasteiger partial charge in [0.15, 0.2) is 0 Å². The Bertz CT molecular complexity index is 1200. The number of fused-ring (bicyclic) bond motifs is 1. The summed E-state index contributed by atoms with van der Waals surface area (Å²) in [6.45, 7) is 11.2. The number of hydrogen-bond donors (Lipinski definition) is 3. The molecular weight excluding hydrogens is 596 g/mol. The summed E-state index contributed by atoms with van der Waals surface area (Å²) in [6.07, 6.45) is 5.30. The molecule has 0 bridgehead atoms. The number of nitrogens with zero attached hydrogens (tertiary/aromatic N) is 1. The summed E-state index contributed by atoms with van der Waals surface area (Å²) in [5, 5.41) is 7.93. The lowest BCUT2D eigenvalue weighted by atomic mass is 9.83. The van der Waals surface area contributed by atoms with Crippen LogP contribution in [0.2, 0.25) is 0 Å². The minimum Gasteiger partial charge on any atom is -0.459 e. The number of Topliss-reactive ketones (excluding diaryl/α,β-unsaturated/α-hetero) is 1. The number of carbonyl (C=O) groups excluding carboxylic acids is 6. The Labute approximate surface area is 271 Å². The van der Waals surface area contributed by atoms with Gasteiger partial charge in [0.1, 0.15) is 29.3 Å². The van der Waals surface area contributed by atoms with E-state index in [0.29, 0.717) is 6.54 Å². The van der Waals surface area contributed by atoms with Crippen LogP contribution in [0.15, 0.2) is 0 Å². The van der Waals surface area contributed by atoms with E-state index in [4.69, 9.17) is 14.2 Å². The van der Waals surface area contributed by atoms with E-state index in [1.54, 1.807) is 20.8 Å². The molecule has 3 aliphatic carbocycles. The number of nitrogens with one attached hydrogen (secondary N) is 3. The van der Waals surface area contributed by atoms with Gasteiger partial charge in [0.25, 0.3) is 5.91 Å². The Morgan fingerprint density at radius 1 is 0.957 bits per heavy atom. The summed E-state index contributed by atoms with van der Waals surface area (Å²) >= 11 is 0. The highest BCUT2D eigenvalue weighted by Gasteiger charge is 2.69. The van der Waals surface area contributed by atoms with E-state index in [0.717, 1.165) is 44.9 Å². The Morgan fingerprint density at radius 3 is 2.20 bits per heavy atom. The summed E-state index contributed by atoms with van der Waals surface area (Å²) in [7, 11) is 1.35. The molecule has 1 unspecified atom stereocenters. The van der Waals surface area contributed by atoms with Crippen LogP contribution in [0.4, 0.5) is 4.79 Å². The third-order valence-electron chi connectivity index (χ3n) is 9.94. The first-order valence-electron chi connectivity index (χ1n) is 16.6. The van der Waals surface area contributed by atoms with Crippen LogP contribution in [0.3, 0.4) is 0 Å². The van der Waals surface area contributed by atoms with Crippen LogP contribution >= 0.6 is 0 Å². The lowest BCUT2D eigenvalue weighted by molar-refractivity contribution is -0.150. The summed E-state index contributed by atoms with van der Waals surface area (Å²) in [5.41, 5.74) is -1.39. The molecule has 0 radical (unpaired) electrons. The molecule has 4 amide bonds. The van der Waals surface area contributed by atoms with Crippen LogP contribution in [-0.2, 0) is 38.2 Å². The normalized spacial score (nSPS) is 25.7. The fourth-order valence-corrected chi connectivity index (χ4v) is 7.01. The lowest BCUT2D eigenvalue weighted by Gasteiger charge is -2.37. The highest BCUT2D eigenvalue weighted by molar-refractivity contribution is 6.38. The fraction of sp³-hybridized carbons (Fsp3) is 0.818. The molecule has 0 spiro atoms. The van der Waals surface area contributed by atoms with Gasteiger partial charge < -0.3 is 35.1 Å². The molecule has 0 aromatic heterocycles. The van der Waals surface area contributed by atoms with Gasteiger partial charge >= 0.3 is 12.1 Å². The van der Waals surface area contributed by atoms with Crippen molar-refractivity contribution in [3.8, 4) is 0 Å². The molecule has 4 fully saturated rings. The van der Waals surface area contributed by atoms with Gasteiger partial charge in [-0.3, -0.25) is 24.0 Å². The van der Waals surface area contributed by atoms with Gasteiger partial charge in [-0.05, 0) is 76.5 Å². The highest BCUT2D eigenvalue weighted by atomic mass is 16.6. The quantitative estimate of drug-likeness (QED) is 0.200. The van der Waals surface area contributed by atoms with E-state index in [2.05, 4.69) is 16.0 Å². The van der Waals surface area contributed by atoms with Crippen molar-refractivity contribution < 1.29 is 43.0 Å². The standard InChI is InChI=1S/C33H52N4O9/c1-31(2,3)46-30(43)36-24(19-11-9-8-10-12-19)29(42)37-17-20-23(32(20,4)5)25(37)27(40)35-21(18-44-7)26(39)28(41)34-16-13-22(38)45-33(6)14-15-33/h19-21,23-25H,8-18H2,1-7H3,(H,34,41)(H,35,40)(H,36,43)/t20-,21?,23-,24-,25-/m0/s1. The number of hydrogen-bond acceptors (Lipinski definition) is 9. The molecule has 46 heavy (non-hydrogen) atoms. The van der Waals surface area contributed by atoms with Crippen molar-refractivity contribution in [2.24, 2.45) is 23.2 Å². The molecule has 1 heterocycles. The Morgan fingerprint density at radius 2 is 1.61 bits per heavy atom. The number of methoxy groups -OCH3 is 1. The van der Waals surface area contributed by atoms with Crippen LogP contribution in [0.1, 0.15) is 92.9 Å². The number of esters is 1. The van der Waals surface area contributed by atoms with Crippen LogP contribution in [0.25, 0.3) is 0 Å². The number of ether oxygens (including phenoxy) is 3. The first-order valence-corrected chi connectivity index (χ1v) is 16.6. The minimum atomic E-state index is -1.30. The topological polar surface area (TPSA) is 169 Å². The zero-order chi connectivity index (χ0) is 34.0. The van der Waals surface area contributed by atoms with Crippen LogP contribution < -0.4 is 16.0 Å². The number of piperidine rings is 1. The number of alkyl carbamates (subject to hydrolysis) is 1. The van der Waals surface area contributed by atoms with E-state index >= 15 is 0 Å². The van der Waals surface area contributed by atoms with Gasteiger partial charge in [-0.1, -0.05) is 33.1 Å². The van der Waals surface area contributed by atoms with Gasteiger partial charge in [-0.15, -0.1) is 0 Å². The maximum absolute atomic E-state index is 14.2. The first-order chi connectivity index (χ1) is 21.5. The zero-order valence-corrected chi connectivity index (χ0v) is 28.4. The molecule has 1 saturated heterocycles. The molecule has 0 aromatic rings. The van der Waals surface area contributed by atoms with E-state index < -0.39 is 59.0 Å². The van der Waals surface area contributed by atoms with E-state index in [1.807, 2.05) is 20.8 Å². The molecular formula is C33H52N4O9. The zero-order valence-electron chi connectivity index (χ0n) is 28.4. The van der Waals surface area contributed by atoms with Gasteiger partial charge in [0.2, 0.25) is 17.6 Å². The fourth-order valence-electron chi connectivity index (χ4n) is 7.01. The van der Waals surface area contributed by atoms with Crippen molar-refractivity contribution in [3.63, 3.8) is 0 Å². The third-order valence-corrected chi connectivity index (χ3v) is 9.94. The highest BCUT2D eigenvalue weighted by Crippen LogP contribution is 2.65. The minimum absolute atomic E-state index is 0.0678. The first kappa shape index (κ1) is 35.6. The van der Waals surface area contributed by atoms with Gasteiger partial charge in [-0.25, -0.2) is 4.79 Å². The number of rotatable bonds is 13. The monoisotopic (exact) mass is 648 g/mol. The molecule has 3 saturated carbocycles. The molecule has 1 aliphatic heterocycles. The summed E-state index contributed by atoms with van der Waals surface area (Å²) in [5.74, 6) is -3.44. The molecule has 4 aliphatic rings. The van der Waals surface area contributed by atoms with Crippen LogP contribution in [0, 0.1) is 23.2 Å². The molecule has 13 heteroatoms. The van der Waals surface area contributed by atoms with Crippen LogP contribution in [0.5, 0.6) is 0 Å². The second-order valence-corrected chi connectivity index (χ2v) is 15.2. The maximum Gasteiger partial charge on any atom is 0.408 e. The van der Waals surface area contributed by atoms with Crippen molar-refractivity contribution in [1.29, 1.82) is 0 Å². The molecule has 5 atom stereocenters. The smallest absolute Gasteiger partial charge is 0.408 e. The molecule has 258 valence electrons. The number of amides is 4. The summed E-state index contributed by atoms with van der Waals surface area (Å²) in [4.78, 5) is 80.4. The Hall–Kier alpha value is -3.22. The maximum atomic E-state index is 14.2. The number of ketones is 1. The van der Waals surface area contributed by atoms with E-state index in [9.17, 15) is 28.8 Å². The number of likely N-dealkylation sites (tertiary alicyclic amines) is 1. The van der Waals surface area contributed by atoms with Crippen molar-refractivity contribution >= 4 is 35.6 Å². The SMILES string of the molecule is COCC(NC(=O)[C@@H]1[C@@H]2[C@H](CN1C(=O)[C@@H](NC(=O)OC(C)(C)C)C1CCCCC1)C2(C)C)C(=O)C(=O)NCCC(=O)OC1(C)CC1. The van der Waals surface area contributed by atoms with Crippen molar-refractivity contribution in [1.82, 2.24) is 20.9 Å². The van der Waals surface area contributed by atoms with Crippen molar-refractivity contribution in [2.45, 2.75) is 122 Å². The molecule has 4 rings (SSSR count). The second-order valence-electron chi connectivity index (χ2n) is 15.2. The Balaban J connectivity index is 1.45. The van der Waals surface area contributed by atoms with Gasteiger partial charge in [-0.2, -0.15) is 0 Å². The largest absolute Gasteiger partial charge is 0.459 e. The lowest BCUT2D eigenvalue weighted by Crippen LogP contribution is -2.60. The van der Waals surface area contributed by atoms with Gasteiger partial charge in [0, 0.05) is 20.2 Å². The van der Waals surface area contributed by atoms with Crippen molar-refractivity contribution in [3.05, 3.63) is 0 Å². The van der Waals surface area contributed by atoms with Gasteiger partial charge in [0.05, 0.1) is 13.0 Å². The Kier molecular flexibility index (Phi) is 10.7. The average Bonchev–Trinajstić information content (AvgIpc) is 3.73. The van der Waals surface area contributed by atoms with E-state index in [-0.39, 0.29) is 48.6 Å². The predicted octanol–water partition coefficient (Wildman–Crippen LogP) is 2.25. The molecule has 3 N–H and O–H groups in total. The second kappa shape index (κ2) is 13.9. The van der Waals surface area contributed by atoms with E-state index in [1.165, 1.54) is 12.0 Å². The van der Waals surface area contributed by atoms with Crippen molar-refractivity contribution in [2.75, 3.05) is 26.8 Å². The predicted molar refractivity (Wildman–Crippen MR) is 166 cm³/mol. The molecule has 13 nitrogen and oxygen atoms in total. The third kappa shape index (κ3) is 8.57. The summed E-state index contributed by atoms with van der Waals surface area (Å²) in [6, 6.07) is -3.06. The average molecular weight is 649 g/mol. The summed E-state index contributed by atoms with van der Waals surface area (Å²) < 4.78 is 16.0. The van der Waals surface area contributed by atoms with Crippen LogP contribution in [-0.4, -0.2) is 96.6 Å². The number of carbonyl (C=O) groups is 6. The molecule has 0 aromatic carbocycles.